The predicted molar refractivity (Wildman–Crippen MR) is 87.7 cm³/mol. The molecule has 0 spiro atoms. The normalized spacial score (nSPS) is 15.3. The van der Waals surface area contributed by atoms with Gasteiger partial charge in [-0.2, -0.15) is 5.26 Å². The monoisotopic (exact) mass is 343 g/mol. The van der Waals surface area contributed by atoms with Crippen LogP contribution in [-0.4, -0.2) is 4.58 Å². The van der Waals surface area contributed by atoms with E-state index in [0.717, 1.165) is 11.1 Å². The van der Waals surface area contributed by atoms with Gasteiger partial charge in [-0.3, -0.25) is 0 Å². The Balaban J connectivity index is 2.25. The molecule has 2 aromatic rings. The first-order valence-corrected chi connectivity index (χ1v) is 7.47. The van der Waals surface area contributed by atoms with Crippen LogP contribution < -0.4 is 0 Å². The minimum absolute atomic E-state index is 0.0663. The Labute approximate surface area is 132 Å². The van der Waals surface area contributed by atoms with Gasteiger partial charge < -0.3 is 0 Å². The van der Waals surface area contributed by atoms with Gasteiger partial charge in [-0.25, -0.2) is 4.39 Å². The predicted octanol–water partition coefficient (Wildman–Crippen LogP) is 5.46. The molecule has 2 rings (SSSR count). The lowest BCUT2D eigenvalue weighted by Crippen LogP contribution is -2.14. The molecule has 21 heavy (non-hydrogen) atoms. The van der Waals surface area contributed by atoms with E-state index in [1.54, 1.807) is 6.07 Å². The van der Waals surface area contributed by atoms with Gasteiger partial charge in [0.2, 0.25) is 0 Å². The van der Waals surface area contributed by atoms with Crippen molar-refractivity contribution in [2.24, 2.45) is 0 Å². The molecule has 2 unspecified atom stereocenters. The van der Waals surface area contributed by atoms with Gasteiger partial charge >= 0.3 is 0 Å². The van der Waals surface area contributed by atoms with E-state index in [1.165, 1.54) is 0 Å². The van der Waals surface area contributed by atoms with Gasteiger partial charge in [0.1, 0.15) is 6.07 Å². The Kier molecular flexibility index (Phi) is 5.30. The average Bonchev–Trinajstić information content (AvgIpc) is 2.53. The first kappa shape index (κ1) is 15.5. The Morgan fingerprint density at radius 3 is 2.24 bits per heavy atom. The minimum Gasteiger partial charge on any atom is -0.215 e. The topological polar surface area (TPSA) is 23.8 Å². The zero-order valence-corrected chi connectivity index (χ0v) is 13.0. The number of hydrogen-bond donors (Lipinski definition) is 0. The molecule has 2 atom stereocenters. The lowest BCUT2D eigenvalue weighted by Gasteiger charge is -2.17. The maximum atomic E-state index is 14.0. The van der Waals surface area contributed by atoms with Crippen molar-refractivity contribution >= 4 is 22.0 Å². The minimum atomic E-state index is -2.02. The summed E-state index contributed by atoms with van der Waals surface area (Å²) in [5.41, 5.74) is 2.04. The van der Waals surface area contributed by atoms with E-state index in [0.29, 0.717) is 0 Å². The summed E-state index contributed by atoms with van der Waals surface area (Å²) in [4.78, 5) is 0. The van der Waals surface area contributed by atoms with Crippen molar-refractivity contribution in [3.8, 4) is 6.07 Å². The van der Waals surface area contributed by atoms with Gasteiger partial charge in [0, 0.05) is 12.3 Å². The van der Waals surface area contributed by atoms with Crippen LogP contribution in [0.25, 0.3) is 6.08 Å². The zero-order chi connectivity index (χ0) is 15.1. The first-order chi connectivity index (χ1) is 10.1. The number of nitriles is 1. The highest BCUT2D eigenvalue weighted by molar-refractivity contribution is 9.10. The third kappa shape index (κ3) is 4.84. The smallest absolute Gasteiger partial charge is 0.215 e. The van der Waals surface area contributed by atoms with Crippen LogP contribution in [0.1, 0.15) is 23.5 Å². The second-order valence-electron chi connectivity index (χ2n) is 4.81. The molecule has 0 amide bonds. The van der Waals surface area contributed by atoms with Crippen LogP contribution in [-0.2, 0) is 0 Å². The van der Waals surface area contributed by atoms with Gasteiger partial charge in [0.25, 0.3) is 4.58 Å². The fourth-order valence-corrected chi connectivity index (χ4v) is 2.46. The average molecular weight is 344 g/mol. The van der Waals surface area contributed by atoms with Crippen molar-refractivity contribution in [3.63, 3.8) is 0 Å². The highest BCUT2D eigenvalue weighted by Gasteiger charge is 2.29. The van der Waals surface area contributed by atoms with Crippen LogP contribution >= 0.6 is 15.9 Å². The van der Waals surface area contributed by atoms with Crippen molar-refractivity contribution in [2.45, 2.75) is 16.9 Å². The number of benzene rings is 2. The summed E-state index contributed by atoms with van der Waals surface area (Å²) in [7, 11) is 0. The van der Waals surface area contributed by atoms with E-state index in [4.69, 9.17) is 5.26 Å². The molecule has 1 nitrogen and oxygen atoms in total. The van der Waals surface area contributed by atoms with Crippen LogP contribution in [0.5, 0.6) is 0 Å². The number of hydrogen-bond acceptors (Lipinski definition) is 1. The molecule has 2 aromatic carbocycles. The Hall–Kier alpha value is -1.92. The van der Waals surface area contributed by atoms with Crippen molar-refractivity contribution < 1.29 is 4.39 Å². The van der Waals surface area contributed by atoms with E-state index in [9.17, 15) is 4.39 Å². The summed E-state index contributed by atoms with van der Waals surface area (Å²) in [6, 6.07) is 21.1. The molecule has 0 saturated carbocycles. The lowest BCUT2D eigenvalue weighted by atomic mass is 9.92. The highest BCUT2D eigenvalue weighted by Crippen LogP contribution is 2.34. The molecule has 0 aromatic heterocycles. The van der Waals surface area contributed by atoms with Gasteiger partial charge in [-0.05, 0) is 27.1 Å². The molecular weight excluding hydrogens is 329 g/mol. The van der Waals surface area contributed by atoms with Crippen LogP contribution in [0.2, 0.25) is 0 Å². The standard InChI is InChI=1S/C18H15BrFN/c19-18(20,14-21)13-17(16-9-5-2-6-10-16)12-11-15-7-3-1-4-8-15/h1-12,17H,13H2/b12-11+. The molecule has 0 saturated heterocycles. The number of alkyl halides is 2. The zero-order valence-electron chi connectivity index (χ0n) is 11.4. The summed E-state index contributed by atoms with van der Waals surface area (Å²) >= 11 is 2.84. The molecule has 3 heteroatoms. The van der Waals surface area contributed by atoms with E-state index in [1.807, 2.05) is 72.8 Å². The quantitative estimate of drug-likeness (QED) is 0.661. The van der Waals surface area contributed by atoms with E-state index < -0.39 is 4.58 Å². The van der Waals surface area contributed by atoms with Crippen LogP contribution in [0.3, 0.4) is 0 Å². The Bertz CT molecular complexity index is 629. The number of rotatable bonds is 5. The lowest BCUT2D eigenvalue weighted by molar-refractivity contribution is 0.344. The number of allylic oxidation sites excluding steroid dienone is 1. The summed E-state index contributed by atoms with van der Waals surface area (Å²) in [6.07, 6.45) is 3.96. The van der Waals surface area contributed by atoms with Gasteiger partial charge in [0.15, 0.2) is 0 Å². The van der Waals surface area contributed by atoms with Crippen molar-refractivity contribution in [2.75, 3.05) is 0 Å². The highest BCUT2D eigenvalue weighted by atomic mass is 79.9. The summed E-state index contributed by atoms with van der Waals surface area (Å²) in [5, 5.41) is 8.88. The van der Waals surface area contributed by atoms with Crippen molar-refractivity contribution in [1.82, 2.24) is 0 Å². The molecular formula is C18H15BrFN. The molecule has 0 heterocycles. The second-order valence-corrected chi connectivity index (χ2v) is 6.06. The Morgan fingerprint density at radius 2 is 1.67 bits per heavy atom. The second kappa shape index (κ2) is 7.19. The van der Waals surface area contributed by atoms with E-state index in [-0.39, 0.29) is 12.3 Å². The van der Waals surface area contributed by atoms with Crippen LogP contribution in [0.4, 0.5) is 4.39 Å². The molecule has 0 fully saturated rings. The van der Waals surface area contributed by atoms with E-state index >= 15 is 0 Å². The van der Waals surface area contributed by atoms with Gasteiger partial charge in [-0.15, -0.1) is 0 Å². The van der Waals surface area contributed by atoms with Gasteiger partial charge in [-0.1, -0.05) is 72.8 Å². The third-order valence-corrected chi connectivity index (χ3v) is 3.69. The maximum Gasteiger partial charge on any atom is 0.250 e. The largest absolute Gasteiger partial charge is 0.250 e. The molecule has 0 bridgehead atoms. The Morgan fingerprint density at radius 1 is 1.10 bits per heavy atom. The summed E-state index contributed by atoms with van der Waals surface area (Å²) in [5.74, 6) is -0.171. The molecule has 0 radical (unpaired) electrons. The SMILES string of the molecule is N#CC(F)(Br)CC(/C=C/c1ccccc1)c1ccccc1. The third-order valence-electron chi connectivity index (χ3n) is 3.19. The number of nitrogens with zero attached hydrogens (tertiary/aromatic N) is 1. The summed E-state index contributed by atoms with van der Waals surface area (Å²) in [6.45, 7) is 0. The molecule has 0 aliphatic carbocycles. The van der Waals surface area contributed by atoms with Crippen molar-refractivity contribution in [3.05, 3.63) is 77.9 Å². The molecule has 0 aliphatic rings. The van der Waals surface area contributed by atoms with Crippen molar-refractivity contribution in [1.29, 1.82) is 5.26 Å². The molecule has 106 valence electrons. The number of halogens is 2. The van der Waals surface area contributed by atoms with Crippen LogP contribution in [0, 0.1) is 11.3 Å². The van der Waals surface area contributed by atoms with Gasteiger partial charge in [0.05, 0.1) is 0 Å². The first-order valence-electron chi connectivity index (χ1n) is 6.68. The summed E-state index contributed by atoms with van der Waals surface area (Å²) < 4.78 is 12.0. The van der Waals surface area contributed by atoms with Crippen LogP contribution in [0.15, 0.2) is 66.7 Å². The maximum absolute atomic E-state index is 14.0. The fourth-order valence-electron chi connectivity index (χ4n) is 2.11. The fraction of sp³-hybridized carbons (Fsp3) is 0.167. The molecule has 0 N–H and O–H groups in total. The molecule has 0 aliphatic heterocycles. The van der Waals surface area contributed by atoms with E-state index in [2.05, 4.69) is 15.9 Å².